The second-order valence-corrected chi connectivity index (χ2v) is 11.2. The highest BCUT2D eigenvalue weighted by atomic mass is 79.9. The summed E-state index contributed by atoms with van der Waals surface area (Å²) in [6, 6.07) is 5.46. The number of ether oxygens (including phenoxy) is 1. The van der Waals surface area contributed by atoms with Crippen LogP contribution in [0, 0.1) is 17.1 Å². The average Bonchev–Trinajstić information content (AvgIpc) is 3.50. The third-order valence-corrected chi connectivity index (χ3v) is 9.12. The molecule has 3 aromatic rings. The van der Waals surface area contributed by atoms with Gasteiger partial charge in [0.05, 0.1) is 32.9 Å². The Hall–Kier alpha value is -2.61. The van der Waals surface area contributed by atoms with Crippen LogP contribution in [0.25, 0.3) is 21.8 Å². The van der Waals surface area contributed by atoms with Gasteiger partial charge in [-0.2, -0.15) is 5.26 Å². The molecule has 2 aliphatic rings. The third-order valence-electron chi connectivity index (χ3n) is 7.82. The van der Waals surface area contributed by atoms with Gasteiger partial charge in [0, 0.05) is 36.3 Å². The Balaban J connectivity index is 1.63. The van der Waals surface area contributed by atoms with Crippen LogP contribution in [0.3, 0.4) is 0 Å². The zero-order valence-corrected chi connectivity index (χ0v) is 23.0. The lowest BCUT2D eigenvalue weighted by molar-refractivity contribution is 0.0936. The fourth-order valence-corrected chi connectivity index (χ4v) is 6.45. The van der Waals surface area contributed by atoms with Gasteiger partial charge in [0.25, 0.3) is 0 Å². The second kappa shape index (κ2) is 10.3. The Morgan fingerprint density at radius 3 is 2.86 bits per heavy atom. The number of aromatic nitrogens is 2. The van der Waals surface area contributed by atoms with E-state index in [1.54, 1.807) is 6.07 Å². The monoisotopic (exact) mass is 591 g/mol. The first-order valence-electron chi connectivity index (χ1n) is 12.4. The van der Waals surface area contributed by atoms with Crippen LogP contribution < -0.4 is 4.74 Å². The van der Waals surface area contributed by atoms with Gasteiger partial charge in [-0.1, -0.05) is 11.6 Å². The van der Waals surface area contributed by atoms with E-state index in [1.165, 1.54) is 4.90 Å². The van der Waals surface area contributed by atoms with E-state index in [2.05, 4.69) is 38.9 Å². The Bertz CT molecular complexity index is 1410. The topological polar surface area (TPSA) is 94.6 Å². The molecule has 11 heteroatoms. The van der Waals surface area contributed by atoms with Crippen LogP contribution in [0.1, 0.15) is 45.1 Å². The maximum atomic E-state index is 15.5. The van der Waals surface area contributed by atoms with E-state index in [0.717, 1.165) is 30.3 Å². The number of hydrogen-bond donors (Lipinski definition) is 1. The molecule has 37 heavy (non-hydrogen) atoms. The quantitative estimate of drug-likeness (QED) is 0.355. The molecule has 0 spiro atoms. The summed E-state index contributed by atoms with van der Waals surface area (Å²) in [4.78, 5) is 20.0. The smallest absolute Gasteiger partial charge is 0.407 e. The van der Waals surface area contributed by atoms with E-state index in [9.17, 15) is 15.2 Å². The largest absolute Gasteiger partial charge is 0.472 e. The van der Waals surface area contributed by atoms with E-state index in [1.807, 2.05) is 23.8 Å². The number of benzene rings is 1. The van der Waals surface area contributed by atoms with Gasteiger partial charge in [-0.3, -0.25) is 4.90 Å². The van der Waals surface area contributed by atoms with Crippen molar-refractivity contribution in [1.82, 2.24) is 19.4 Å². The van der Waals surface area contributed by atoms with E-state index in [4.69, 9.17) is 16.3 Å². The van der Waals surface area contributed by atoms with Crippen molar-refractivity contribution in [2.45, 2.75) is 63.3 Å². The van der Waals surface area contributed by atoms with Crippen molar-refractivity contribution in [3.05, 3.63) is 33.6 Å². The van der Waals surface area contributed by atoms with Crippen molar-refractivity contribution < 1.29 is 19.0 Å². The summed E-state index contributed by atoms with van der Waals surface area (Å²) >= 11 is 9.61. The van der Waals surface area contributed by atoms with Crippen molar-refractivity contribution in [2.24, 2.45) is 0 Å². The Morgan fingerprint density at radius 2 is 2.19 bits per heavy atom. The van der Waals surface area contributed by atoms with Crippen LogP contribution in [0.5, 0.6) is 5.88 Å². The predicted octanol–water partition coefficient (Wildman–Crippen LogP) is 6.20. The van der Waals surface area contributed by atoms with Crippen molar-refractivity contribution in [1.29, 1.82) is 5.26 Å². The molecular formula is C26H28BrClFN5O3. The molecule has 196 valence electrons. The van der Waals surface area contributed by atoms with Crippen LogP contribution in [0.2, 0.25) is 5.02 Å². The molecule has 0 radical (unpaired) electrons. The van der Waals surface area contributed by atoms with E-state index in [0.29, 0.717) is 30.7 Å². The number of likely N-dealkylation sites (N-methyl/N-ethyl adjacent to an activating group) is 1. The lowest BCUT2D eigenvalue weighted by atomic mass is 9.95. The molecule has 4 atom stereocenters. The van der Waals surface area contributed by atoms with Crippen LogP contribution in [-0.4, -0.2) is 68.9 Å². The summed E-state index contributed by atoms with van der Waals surface area (Å²) < 4.78 is 24.1. The number of piperidine rings is 1. The molecule has 5 rings (SSSR count). The Labute approximate surface area is 227 Å². The fourth-order valence-electron chi connectivity index (χ4n) is 5.95. The minimum absolute atomic E-state index is 0.0891. The average molecular weight is 593 g/mol. The van der Waals surface area contributed by atoms with Gasteiger partial charge in [0.2, 0.25) is 5.88 Å². The summed E-state index contributed by atoms with van der Waals surface area (Å²) in [5.74, 6) is -0.200. The molecule has 2 saturated heterocycles. The Morgan fingerprint density at radius 1 is 1.41 bits per heavy atom. The van der Waals surface area contributed by atoms with Gasteiger partial charge in [0.15, 0.2) is 5.82 Å². The molecule has 1 aromatic carbocycles. The van der Waals surface area contributed by atoms with Crippen LogP contribution in [0.4, 0.5) is 9.18 Å². The number of fused-ring (bicyclic) bond motifs is 3. The molecule has 8 nitrogen and oxygen atoms in total. The zero-order valence-electron chi connectivity index (χ0n) is 20.6. The van der Waals surface area contributed by atoms with Gasteiger partial charge in [-0.25, -0.2) is 14.2 Å². The lowest BCUT2D eigenvalue weighted by Crippen LogP contribution is -2.45. The molecule has 0 aliphatic carbocycles. The van der Waals surface area contributed by atoms with Crippen molar-refractivity contribution in [3.63, 3.8) is 0 Å². The van der Waals surface area contributed by atoms with Crippen molar-refractivity contribution in [2.75, 3.05) is 20.1 Å². The maximum absolute atomic E-state index is 15.5. The Kier molecular flexibility index (Phi) is 7.22. The molecule has 0 bridgehead atoms. The number of halogens is 3. The highest BCUT2D eigenvalue weighted by Gasteiger charge is 2.34. The summed E-state index contributed by atoms with van der Waals surface area (Å²) in [5, 5.41) is 20.4. The fraction of sp³-hybridized carbons (Fsp3) is 0.500. The molecule has 1 unspecified atom stereocenters. The van der Waals surface area contributed by atoms with E-state index >= 15 is 4.39 Å². The first kappa shape index (κ1) is 26.0. The number of carboxylic acid groups (broad SMARTS) is 1. The number of pyridine rings is 1. The van der Waals surface area contributed by atoms with Gasteiger partial charge in [0.1, 0.15) is 11.6 Å². The first-order valence-corrected chi connectivity index (χ1v) is 13.6. The summed E-state index contributed by atoms with van der Waals surface area (Å²) in [7, 11) is 2.08. The normalized spacial score (nSPS) is 23.5. The third kappa shape index (κ3) is 4.62. The highest BCUT2D eigenvalue weighted by molar-refractivity contribution is 9.10. The number of nitriles is 1. The molecule has 2 aliphatic heterocycles. The van der Waals surface area contributed by atoms with Gasteiger partial charge >= 0.3 is 6.09 Å². The van der Waals surface area contributed by atoms with E-state index < -0.39 is 18.0 Å². The number of amides is 1. The highest BCUT2D eigenvalue weighted by Crippen LogP contribution is 2.41. The minimum atomic E-state index is -1.02. The van der Waals surface area contributed by atoms with Gasteiger partial charge in [-0.05, 0) is 74.3 Å². The van der Waals surface area contributed by atoms with Crippen LogP contribution in [-0.2, 0) is 0 Å². The number of carbonyl (C=O) groups is 1. The first-order chi connectivity index (χ1) is 17.7. The molecule has 1 N–H and O–H groups in total. The standard InChI is InChI=1S/C26H28BrClFN5O3/c1-14(20-4-3-9-32(20)2)37-25-17-7-11-33(16-6-10-34(26(35)36)15(12-16)5-8-30)24(17)18-13-19(28)21(27)22(29)23(18)31-25/h7,11,13-16,20H,3-6,9-10,12H2,1-2H3,(H,35,36)/t14-,15+,16-,20?/m0/s1. The summed E-state index contributed by atoms with van der Waals surface area (Å²) in [5.41, 5.74) is 0.895. The zero-order chi connectivity index (χ0) is 26.4. The molecule has 1 amide bonds. The van der Waals surface area contributed by atoms with Crippen LogP contribution in [0.15, 0.2) is 22.8 Å². The predicted molar refractivity (Wildman–Crippen MR) is 143 cm³/mol. The van der Waals surface area contributed by atoms with Crippen molar-refractivity contribution >= 4 is 55.4 Å². The molecule has 2 aromatic heterocycles. The number of likely N-dealkylation sites (tertiary alicyclic amines) is 2. The molecule has 0 saturated carbocycles. The minimum Gasteiger partial charge on any atom is -0.472 e. The molecule has 4 heterocycles. The second-order valence-electron chi connectivity index (χ2n) is 9.97. The summed E-state index contributed by atoms with van der Waals surface area (Å²) in [6.07, 6.45) is 4.01. The number of nitrogens with zero attached hydrogens (tertiary/aromatic N) is 5. The van der Waals surface area contributed by atoms with E-state index in [-0.39, 0.29) is 39.6 Å². The molecular weight excluding hydrogens is 565 g/mol. The van der Waals surface area contributed by atoms with Gasteiger partial charge in [-0.15, -0.1) is 0 Å². The number of hydrogen-bond acceptors (Lipinski definition) is 5. The number of rotatable bonds is 5. The van der Waals surface area contributed by atoms with Crippen molar-refractivity contribution in [3.8, 4) is 11.9 Å². The SMILES string of the molecule is C[C@H](Oc1nc2c(F)c(Br)c(Cl)cc2c2c1ccn2[C@H]1CCN(C(=O)O)[C@H](CC#N)C1)C1CCCN1C. The molecule has 2 fully saturated rings. The summed E-state index contributed by atoms with van der Waals surface area (Å²) in [6.45, 7) is 3.34. The van der Waals surface area contributed by atoms with Gasteiger partial charge < -0.3 is 19.3 Å². The van der Waals surface area contributed by atoms with Crippen LogP contribution >= 0.6 is 27.5 Å². The maximum Gasteiger partial charge on any atom is 0.407 e. The lowest BCUT2D eigenvalue weighted by Gasteiger charge is -2.37.